The van der Waals surface area contributed by atoms with Crippen molar-refractivity contribution in [2.45, 2.75) is 37.3 Å². The van der Waals surface area contributed by atoms with Gasteiger partial charge in [-0.25, -0.2) is 0 Å². The van der Waals surface area contributed by atoms with Gasteiger partial charge in [-0.3, -0.25) is 9.97 Å². The lowest BCUT2D eigenvalue weighted by atomic mass is 9.68. The summed E-state index contributed by atoms with van der Waals surface area (Å²) >= 11 is 7.94. The van der Waals surface area contributed by atoms with E-state index < -0.39 is 0 Å². The standard InChI is InChI=1S/C29H24Br2N2/c1-15-11-21-19(13-23-17(27(21)30)7-5-9-32-23)25(15)29(3,4)26-16(2)12-22-20(26)14-24-18(28(22)31)8-6-10-33-24/h5-14,27-28H,1-4H3. The number of fused-ring (bicyclic) bond motifs is 4. The van der Waals surface area contributed by atoms with Gasteiger partial charge in [-0.2, -0.15) is 0 Å². The van der Waals surface area contributed by atoms with Gasteiger partial charge in [0.05, 0.1) is 21.0 Å². The Morgan fingerprint density at radius 1 is 0.697 bits per heavy atom. The molecule has 4 aliphatic rings. The van der Waals surface area contributed by atoms with Crippen molar-refractivity contribution >= 4 is 44.0 Å². The Hall–Kier alpha value is -2.30. The summed E-state index contributed by atoms with van der Waals surface area (Å²) in [5.41, 5.74) is 15.1. The van der Waals surface area contributed by atoms with Gasteiger partial charge in [0, 0.05) is 17.8 Å². The van der Waals surface area contributed by atoms with Crippen LogP contribution in [0.2, 0.25) is 0 Å². The molecular formula is C29H24Br2N2. The summed E-state index contributed by atoms with van der Waals surface area (Å²) in [5, 5.41) is 0. The fourth-order valence-corrected chi connectivity index (χ4v) is 7.66. The Balaban J connectivity index is 1.50. The van der Waals surface area contributed by atoms with Crippen LogP contribution in [0, 0.1) is 5.41 Å². The van der Waals surface area contributed by atoms with E-state index in [0.29, 0.717) is 0 Å². The predicted octanol–water partition coefficient (Wildman–Crippen LogP) is 8.38. The zero-order valence-corrected chi connectivity index (χ0v) is 22.3. The molecule has 0 bridgehead atoms. The molecule has 33 heavy (non-hydrogen) atoms. The molecule has 164 valence electrons. The molecule has 0 saturated heterocycles. The molecular weight excluding hydrogens is 536 g/mol. The van der Waals surface area contributed by atoms with E-state index >= 15 is 0 Å². The highest BCUT2D eigenvalue weighted by atomic mass is 79.9. The molecule has 4 heteroatoms. The second-order valence-electron chi connectivity index (χ2n) is 9.74. The zero-order chi connectivity index (χ0) is 23.1. The molecule has 0 aromatic carbocycles. The number of hydrogen-bond donors (Lipinski definition) is 0. The number of hydrogen-bond acceptors (Lipinski definition) is 2. The number of aromatic nitrogens is 2. The van der Waals surface area contributed by atoms with Gasteiger partial charge in [-0.15, -0.1) is 0 Å². The zero-order valence-electron chi connectivity index (χ0n) is 19.1. The van der Waals surface area contributed by atoms with E-state index in [0.717, 1.165) is 11.4 Å². The molecule has 0 saturated carbocycles. The van der Waals surface area contributed by atoms with E-state index in [1.54, 1.807) is 0 Å². The summed E-state index contributed by atoms with van der Waals surface area (Å²) in [7, 11) is 0. The fourth-order valence-electron chi connectivity index (χ4n) is 6.13. The molecule has 2 aromatic rings. The molecule has 2 heterocycles. The average Bonchev–Trinajstić information content (AvgIpc) is 3.31. The minimum absolute atomic E-state index is 0.161. The first kappa shape index (κ1) is 21.2. The van der Waals surface area contributed by atoms with Gasteiger partial charge >= 0.3 is 0 Å². The Labute approximate surface area is 211 Å². The van der Waals surface area contributed by atoms with Crippen molar-refractivity contribution in [3.63, 3.8) is 0 Å². The van der Waals surface area contributed by atoms with Gasteiger partial charge in [-0.1, -0.05) is 70.0 Å². The summed E-state index contributed by atoms with van der Waals surface area (Å²) in [6.07, 6.45) is 13.0. The Morgan fingerprint density at radius 3 is 1.55 bits per heavy atom. The van der Waals surface area contributed by atoms with Crippen LogP contribution in [-0.4, -0.2) is 9.97 Å². The maximum atomic E-state index is 4.68. The number of allylic oxidation sites excluding steroid dienone is 10. The van der Waals surface area contributed by atoms with Crippen molar-refractivity contribution in [2.24, 2.45) is 5.41 Å². The van der Waals surface area contributed by atoms with Crippen LogP contribution in [0.5, 0.6) is 0 Å². The minimum atomic E-state index is -0.180. The lowest BCUT2D eigenvalue weighted by Crippen LogP contribution is -2.23. The predicted molar refractivity (Wildman–Crippen MR) is 143 cm³/mol. The first-order valence-corrected chi connectivity index (χ1v) is 13.1. The van der Waals surface area contributed by atoms with Crippen LogP contribution in [0.25, 0.3) is 12.2 Å². The third-order valence-electron chi connectivity index (χ3n) is 7.34. The highest BCUT2D eigenvalue weighted by Crippen LogP contribution is 2.59. The third kappa shape index (κ3) is 2.96. The smallest absolute Gasteiger partial charge is 0.0682 e. The first-order chi connectivity index (χ1) is 15.8. The van der Waals surface area contributed by atoms with Crippen molar-refractivity contribution in [1.29, 1.82) is 0 Å². The second-order valence-corrected chi connectivity index (χ2v) is 11.6. The lowest BCUT2D eigenvalue weighted by Gasteiger charge is -2.36. The summed E-state index contributed by atoms with van der Waals surface area (Å²) in [6, 6.07) is 8.37. The van der Waals surface area contributed by atoms with Crippen LogP contribution in [0.3, 0.4) is 0 Å². The van der Waals surface area contributed by atoms with Gasteiger partial charge in [-0.05, 0) is 93.8 Å². The van der Waals surface area contributed by atoms with Gasteiger partial charge in [0.15, 0.2) is 0 Å². The van der Waals surface area contributed by atoms with Crippen molar-refractivity contribution < 1.29 is 0 Å². The largest absolute Gasteiger partial charge is 0.257 e. The Morgan fingerprint density at radius 2 is 1.12 bits per heavy atom. The fraction of sp³-hybridized carbons (Fsp3) is 0.241. The molecule has 0 radical (unpaired) electrons. The van der Waals surface area contributed by atoms with E-state index in [1.807, 2.05) is 24.5 Å². The summed E-state index contributed by atoms with van der Waals surface area (Å²) in [5.74, 6) is 0. The highest BCUT2D eigenvalue weighted by Gasteiger charge is 2.43. The van der Waals surface area contributed by atoms with Crippen LogP contribution < -0.4 is 0 Å². The van der Waals surface area contributed by atoms with E-state index in [9.17, 15) is 0 Å². The Kier molecular flexibility index (Phi) is 4.73. The first-order valence-electron chi connectivity index (χ1n) is 11.3. The maximum Gasteiger partial charge on any atom is 0.0682 e. The van der Waals surface area contributed by atoms with Crippen LogP contribution >= 0.6 is 31.9 Å². The van der Waals surface area contributed by atoms with E-state index in [-0.39, 0.29) is 15.1 Å². The molecule has 2 unspecified atom stereocenters. The number of pyridine rings is 2. The normalized spacial score (nSPS) is 23.3. The van der Waals surface area contributed by atoms with Crippen LogP contribution in [0.1, 0.15) is 59.9 Å². The molecule has 0 aliphatic heterocycles. The average molecular weight is 560 g/mol. The second kappa shape index (κ2) is 7.35. The minimum Gasteiger partial charge on any atom is -0.257 e. The molecule has 2 atom stereocenters. The lowest BCUT2D eigenvalue weighted by molar-refractivity contribution is 0.551. The number of nitrogens with zero attached hydrogens (tertiary/aromatic N) is 2. The SMILES string of the molecule is CC1=C(C(C)(C)C2=C(C)C=C3C2=Cc2ncccc2C3Br)C2=Cc3ncccc3C(Br)C2=C1. The highest BCUT2D eigenvalue weighted by molar-refractivity contribution is 9.09. The quantitative estimate of drug-likeness (QED) is 0.345. The molecule has 6 rings (SSSR count). The Bertz CT molecular complexity index is 1320. The van der Waals surface area contributed by atoms with Gasteiger partial charge in [0.1, 0.15) is 0 Å². The van der Waals surface area contributed by atoms with E-state index in [4.69, 9.17) is 0 Å². The summed E-state index contributed by atoms with van der Waals surface area (Å²) in [4.78, 5) is 9.68. The van der Waals surface area contributed by atoms with Gasteiger partial charge in [0.25, 0.3) is 0 Å². The molecule has 0 amide bonds. The van der Waals surface area contributed by atoms with Crippen molar-refractivity contribution in [3.05, 3.63) is 116 Å². The summed E-state index contributed by atoms with van der Waals surface area (Å²) in [6.45, 7) is 9.24. The van der Waals surface area contributed by atoms with Crippen LogP contribution in [0.4, 0.5) is 0 Å². The molecule has 2 nitrogen and oxygen atoms in total. The monoisotopic (exact) mass is 558 g/mol. The van der Waals surface area contributed by atoms with Crippen molar-refractivity contribution in [1.82, 2.24) is 9.97 Å². The summed E-state index contributed by atoms with van der Waals surface area (Å²) < 4.78 is 0. The van der Waals surface area contributed by atoms with Crippen molar-refractivity contribution in [3.8, 4) is 0 Å². The number of alkyl halides is 2. The molecule has 4 aliphatic carbocycles. The molecule has 0 fully saturated rings. The number of halogens is 2. The third-order valence-corrected chi connectivity index (χ3v) is 9.31. The van der Waals surface area contributed by atoms with E-state index in [1.165, 1.54) is 55.7 Å². The van der Waals surface area contributed by atoms with Crippen LogP contribution in [0.15, 0.2) is 93.4 Å². The maximum absolute atomic E-state index is 4.68. The van der Waals surface area contributed by atoms with Gasteiger partial charge < -0.3 is 0 Å². The molecule has 2 aromatic heterocycles. The molecule has 0 N–H and O–H groups in total. The van der Waals surface area contributed by atoms with E-state index in [2.05, 4.69) is 106 Å². The topological polar surface area (TPSA) is 25.8 Å². The number of rotatable bonds is 2. The van der Waals surface area contributed by atoms with Gasteiger partial charge in [0.2, 0.25) is 0 Å². The van der Waals surface area contributed by atoms with Crippen molar-refractivity contribution in [2.75, 3.05) is 0 Å². The van der Waals surface area contributed by atoms with Crippen LogP contribution in [-0.2, 0) is 0 Å². The molecule has 0 spiro atoms.